The summed E-state index contributed by atoms with van der Waals surface area (Å²) in [6.45, 7) is 6.03. The molecule has 0 spiro atoms. The molecule has 0 aromatic heterocycles. The number of halogens is 2. The SMILES string of the molecule is CC(C)(C)OC(=O)N1CCC(Oc2cc(F)c([N+](=O)[O-])cc2F)CC1. The van der Waals surface area contributed by atoms with Crippen LogP contribution in [0.5, 0.6) is 5.75 Å². The van der Waals surface area contributed by atoms with Gasteiger partial charge < -0.3 is 14.4 Å². The maximum absolute atomic E-state index is 13.9. The molecule has 0 aliphatic carbocycles. The van der Waals surface area contributed by atoms with Gasteiger partial charge >= 0.3 is 11.8 Å². The van der Waals surface area contributed by atoms with Gasteiger partial charge in [0, 0.05) is 32.0 Å². The van der Waals surface area contributed by atoms with Gasteiger partial charge in [0.1, 0.15) is 11.7 Å². The highest BCUT2D eigenvalue weighted by molar-refractivity contribution is 5.68. The van der Waals surface area contributed by atoms with E-state index >= 15 is 0 Å². The smallest absolute Gasteiger partial charge is 0.410 e. The second kappa shape index (κ2) is 7.20. The first kappa shape index (κ1) is 18.9. The van der Waals surface area contributed by atoms with Gasteiger partial charge in [-0.15, -0.1) is 0 Å². The van der Waals surface area contributed by atoms with Crippen LogP contribution in [0.15, 0.2) is 12.1 Å². The molecule has 1 aromatic carbocycles. The first-order valence-electron chi connectivity index (χ1n) is 7.85. The number of nitro benzene ring substituents is 1. The lowest BCUT2D eigenvalue weighted by Gasteiger charge is -2.33. The van der Waals surface area contributed by atoms with Crippen molar-refractivity contribution in [1.29, 1.82) is 0 Å². The molecule has 1 saturated heterocycles. The van der Waals surface area contributed by atoms with Crippen molar-refractivity contribution >= 4 is 11.8 Å². The zero-order valence-electron chi connectivity index (χ0n) is 14.3. The summed E-state index contributed by atoms with van der Waals surface area (Å²) in [6.07, 6.45) is -0.0262. The van der Waals surface area contributed by atoms with Gasteiger partial charge in [0.2, 0.25) is 5.82 Å². The molecule has 1 amide bonds. The van der Waals surface area contributed by atoms with Crippen LogP contribution in [0.2, 0.25) is 0 Å². The van der Waals surface area contributed by atoms with Crippen LogP contribution in [0.25, 0.3) is 0 Å². The first-order valence-corrected chi connectivity index (χ1v) is 7.85. The standard InChI is InChI=1S/C16H20F2N2O5/c1-16(2,3)25-15(21)19-6-4-10(5-7-19)24-14-9-11(17)13(20(22)23)8-12(14)18/h8-10H,4-7H2,1-3H3. The number of hydrogen-bond donors (Lipinski definition) is 0. The largest absolute Gasteiger partial charge is 0.487 e. The minimum absolute atomic E-state index is 0.358. The summed E-state index contributed by atoms with van der Waals surface area (Å²) >= 11 is 0. The normalized spacial score (nSPS) is 15.8. The van der Waals surface area contributed by atoms with E-state index in [4.69, 9.17) is 9.47 Å². The van der Waals surface area contributed by atoms with Gasteiger partial charge in [0.25, 0.3) is 0 Å². The quantitative estimate of drug-likeness (QED) is 0.608. The summed E-state index contributed by atoms with van der Waals surface area (Å²) in [5, 5.41) is 10.6. The maximum Gasteiger partial charge on any atom is 0.410 e. The van der Waals surface area contributed by atoms with E-state index in [0.717, 1.165) is 0 Å². The lowest BCUT2D eigenvalue weighted by molar-refractivity contribution is -0.387. The number of piperidine rings is 1. The fraction of sp³-hybridized carbons (Fsp3) is 0.562. The summed E-state index contributed by atoms with van der Waals surface area (Å²) in [5.74, 6) is -2.53. The van der Waals surface area contributed by atoms with E-state index in [1.54, 1.807) is 20.8 Å². The lowest BCUT2D eigenvalue weighted by Crippen LogP contribution is -2.44. The number of carbonyl (C=O) groups is 1. The Hall–Kier alpha value is -2.45. The van der Waals surface area contributed by atoms with E-state index < -0.39 is 40.0 Å². The third-order valence-electron chi connectivity index (χ3n) is 3.59. The van der Waals surface area contributed by atoms with Crippen molar-refractivity contribution < 1.29 is 28.0 Å². The average molecular weight is 358 g/mol. The Labute approximate surface area is 143 Å². The molecule has 0 saturated carbocycles. The fourth-order valence-electron chi connectivity index (χ4n) is 2.41. The van der Waals surface area contributed by atoms with Gasteiger partial charge in [0.15, 0.2) is 11.6 Å². The van der Waals surface area contributed by atoms with Crippen molar-refractivity contribution in [3.63, 3.8) is 0 Å². The zero-order chi connectivity index (χ0) is 18.8. The van der Waals surface area contributed by atoms with Crippen LogP contribution in [0, 0.1) is 21.7 Å². The van der Waals surface area contributed by atoms with Crippen molar-refractivity contribution in [3.8, 4) is 5.75 Å². The number of carbonyl (C=O) groups excluding carboxylic acids is 1. The van der Waals surface area contributed by atoms with Gasteiger partial charge in [-0.05, 0) is 20.8 Å². The highest BCUT2D eigenvalue weighted by Crippen LogP contribution is 2.28. The van der Waals surface area contributed by atoms with Crippen LogP contribution >= 0.6 is 0 Å². The van der Waals surface area contributed by atoms with Crippen molar-refractivity contribution in [2.45, 2.75) is 45.3 Å². The summed E-state index contributed by atoms with van der Waals surface area (Å²) < 4.78 is 38.1. The number of benzene rings is 1. The minimum Gasteiger partial charge on any atom is -0.487 e. The Balaban J connectivity index is 1.95. The van der Waals surface area contributed by atoms with E-state index in [1.807, 2.05) is 0 Å². The van der Waals surface area contributed by atoms with Gasteiger partial charge in [-0.25, -0.2) is 9.18 Å². The van der Waals surface area contributed by atoms with E-state index in [0.29, 0.717) is 38.1 Å². The number of nitro groups is 1. The van der Waals surface area contributed by atoms with E-state index in [2.05, 4.69) is 0 Å². The van der Waals surface area contributed by atoms with Crippen molar-refractivity contribution in [1.82, 2.24) is 4.90 Å². The van der Waals surface area contributed by atoms with E-state index in [9.17, 15) is 23.7 Å². The molecular weight excluding hydrogens is 338 g/mol. The number of likely N-dealkylation sites (tertiary alicyclic amines) is 1. The molecule has 9 heteroatoms. The summed E-state index contributed by atoms with van der Waals surface area (Å²) in [5.41, 5.74) is -1.53. The number of hydrogen-bond acceptors (Lipinski definition) is 5. The number of amides is 1. The number of nitrogens with zero attached hydrogens (tertiary/aromatic N) is 2. The molecule has 2 rings (SSSR count). The molecule has 1 aliphatic heterocycles. The van der Waals surface area contributed by atoms with E-state index in [1.165, 1.54) is 4.90 Å². The molecular formula is C16H20F2N2O5. The number of rotatable bonds is 3. The highest BCUT2D eigenvalue weighted by atomic mass is 19.1. The average Bonchev–Trinajstić information content (AvgIpc) is 2.49. The second-order valence-corrected chi connectivity index (χ2v) is 6.78. The molecule has 138 valence electrons. The van der Waals surface area contributed by atoms with Gasteiger partial charge in [0.05, 0.1) is 11.0 Å². The predicted molar refractivity (Wildman–Crippen MR) is 84.5 cm³/mol. The van der Waals surface area contributed by atoms with E-state index in [-0.39, 0.29) is 5.75 Å². The van der Waals surface area contributed by atoms with Gasteiger partial charge in [-0.2, -0.15) is 4.39 Å². The van der Waals surface area contributed by atoms with Crippen LogP contribution in [0.3, 0.4) is 0 Å². The summed E-state index contributed by atoms with van der Waals surface area (Å²) in [7, 11) is 0. The number of ether oxygens (including phenoxy) is 2. The molecule has 0 bridgehead atoms. The third kappa shape index (κ3) is 5.01. The molecule has 0 atom stereocenters. The Bertz CT molecular complexity index is 667. The van der Waals surface area contributed by atoms with Gasteiger partial charge in [-0.3, -0.25) is 10.1 Å². The van der Waals surface area contributed by atoms with Crippen LogP contribution < -0.4 is 4.74 Å². The minimum atomic E-state index is -1.16. The molecule has 25 heavy (non-hydrogen) atoms. The molecule has 1 aromatic rings. The fourth-order valence-corrected chi connectivity index (χ4v) is 2.41. The first-order chi connectivity index (χ1) is 11.6. The summed E-state index contributed by atoms with van der Waals surface area (Å²) in [6, 6.07) is 1.17. The molecule has 0 radical (unpaired) electrons. The topological polar surface area (TPSA) is 81.9 Å². The third-order valence-corrected chi connectivity index (χ3v) is 3.59. The van der Waals surface area contributed by atoms with Crippen LogP contribution in [0.4, 0.5) is 19.3 Å². The Morgan fingerprint density at radius 3 is 2.36 bits per heavy atom. The Kier molecular flexibility index (Phi) is 5.44. The second-order valence-electron chi connectivity index (χ2n) is 6.78. The van der Waals surface area contributed by atoms with Crippen molar-refractivity contribution in [2.24, 2.45) is 0 Å². The lowest BCUT2D eigenvalue weighted by atomic mass is 10.1. The molecule has 0 unspecified atom stereocenters. The van der Waals surface area contributed by atoms with Gasteiger partial charge in [-0.1, -0.05) is 0 Å². The maximum atomic E-state index is 13.9. The van der Waals surface area contributed by atoms with Crippen LogP contribution in [0.1, 0.15) is 33.6 Å². The summed E-state index contributed by atoms with van der Waals surface area (Å²) in [4.78, 5) is 23.1. The molecule has 0 N–H and O–H groups in total. The van der Waals surface area contributed by atoms with Crippen LogP contribution in [-0.2, 0) is 4.74 Å². The van der Waals surface area contributed by atoms with Crippen molar-refractivity contribution in [2.75, 3.05) is 13.1 Å². The predicted octanol–water partition coefficient (Wildman–Crippen LogP) is 3.65. The van der Waals surface area contributed by atoms with Crippen molar-refractivity contribution in [3.05, 3.63) is 33.9 Å². The Morgan fingerprint density at radius 1 is 1.24 bits per heavy atom. The Morgan fingerprint density at radius 2 is 1.84 bits per heavy atom. The highest BCUT2D eigenvalue weighted by Gasteiger charge is 2.29. The van der Waals surface area contributed by atoms with Crippen LogP contribution in [-0.4, -0.2) is 40.7 Å². The molecule has 7 nitrogen and oxygen atoms in total. The molecule has 1 aliphatic rings. The monoisotopic (exact) mass is 358 g/mol. The molecule has 1 fully saturated rings. The molecule has 1 heterocycles. The zero-order valence-corrected chi connectivity index (χ0v) is 14.3.